The zero-order valence-corrected chi connectivity index (χ0v) is 15.5. The van der Waals surface area contributed by atoms with Crippen LogP contribution in [0.1, 0.15) is 29.7 Å². The molecule has 1 aliphatic heterocycles. The van der Waals surface area contributed by atoms with E-state index in [1.165, 1.54) is 12.1 Å². The first kappa shape index (κ1) is 17.3. The molecule has 0 spiro atoms. The highest BCUT2D eigenvalue weighted by atomic mass is 19.1. The molecule has 1 aromatic heterocycles. The van der Waals surface area contributed by atoms with E-state index in [9.17, 15) is 13.6 Å². The number of carbonyl (C=O) groups is 1. The second-order valence-electron chi connectivity index (χ2n) is 7.78. The van der Waals surface area contributed by atoms with Gasteiger partial charge in [-0.05, 0) is 48.3 Å². The molecule has 3 aliphatic rings. The number of halogens is 2. The number of rotatable bonds is 3. The Morgan fingerprint density at radius 1 is 1.04 bits per heavy atom. The molecule has 0 unspecified atom stereocenters. The van der Waals surface area contributed by atoms with E-state index in [1.54, 1.807) is 6.20 Å². The molecule has 2 fully saturated rings. The van der Waals surface area contributed by atoms with Crippen molar-refractivity contribution in [2.75, 3.05) is 31.1 Å². The summed E-state index contributed by atoms with van der Waals surface area (Å²) in [4.78, 5) is 21.0. The van der Waals surface area contributed by atoms with Crippen molar-refractivity contribution in [2.45, 2.75) is 19.3 Å². The highest BCUT2D eigenvalue weighted by molar-refractivity contribution is 5.92. The molecule has 4 nitrogen and oxygen atoms in total. The summed E-state index contributed by atoms with van der Waals surface area (Å²) in [7, 11) is 0. The molecule has 28 heavy (non-hydrogen) atoms. The largest absolute Gasteiger partial charge is 0.367 e. The molecule has 1 saturated carbocycles. The van der Waals surface area contributed by atoms with E-state index in [0.29, 0.717) is 17.9 Å². The smallest absolute Gasteiger partial charge is 0.225 e. The Hall–Kier alpha value is -2.76. The zero-order valence-electron chi connectivity index (χ0n) is 15.5. The first-order valence-corrected chi connectivity index (χ1v) is 9.77. The van der Waals surface area contributed by atoms with Crippen LogP contribution < -0.4 is 4.90 Å². The number of pyridine rings is 1. The quantitative estimate of drug-likeness (QED) is 0.816. The molecule has 0 radical (unpaired) electrons. The van der Waals surface area contributed by atoms with Gasteiger partial charge in [-0.25, -0.2) is 8.78 Å². The number of hydrogen-bond acceptors (Lipinski definition) is 3. The van der Waals surface area contributed by atoms with E-state index >= 15 is 0 Å². The predicted molar refractivity (Wildman–Crippen MR) is 104 cm³/mol. The Labute approximate surface area is 162 Å². The zero-order chi connectivity index (χ0) is 19.3. The number of fused-ring (bicyclic) bond motifs is 1. The third kappa shape index (κ3) is 3.17. The minimum Gasteiger partial charge on any atom is -0.367 e. The third-order valence-corrected chi connectivity index (χ3v) is 5.82. The maximum Gasteiger partial charge on any atom is 0.225 e. The molecule has 144 valence electrons. The van der Waals surface area contributed by atoms with Gasteiger partial charge in [0.15, 0.2) is 0 Å². The van der Waals surface area contributed by atoms with Gasteiger partial charge in [0.05, 0.1) is 5.69 Å². The molecule has 1 aromatic carbocycles. The molecular formula is C22H21F2N3O. The highest BCUT2D eigenvalue weighted by Crippen LogP contribution is 2.37. The van der Waals surface area contributed by atoms with Crippen LogP contribution in [0.3, 0.4) is 0 Å². The number of anilines is 1. The summed E-state index contributed by atoms with van der Waals surface area (Å²) in [6, 6.07) is 5.60. The fourth-order valence-electron chi connectivity index (χ4n) is 4.17. The normalized spacial score (nSPS) is 18.9. The van der Waals surface area contributed by atoms with Crippen molar-refractivity contribution in [2.24, 2.45) is 5.92 Å². The summed E-state index contributed by atoms with van der Waals surface area (Å²) in [6.45, 7) is 3.04. The maximum atomic E-state index is 13.6. The molecular weight excluding hydrogens is 360 g/mol. The first-order chi connectivity index (χ1) is 13.6. The third-order valence-electron chi connectivity index (χ3n) is 5.82. The van der Waals surface area contributed by atoms with Gasteiger partial charge < -0.3 is 9.80 Å². The van der Waals surface area contributed by atoms with Crippen molar-refractivity contribution >= 4 is 23.2 Å². The molecule has 2 aromatic rings. The second kappa shape index (κ2) is 6.69. The van der Waals surface area contributed by atoms with Gasteiger partial charge >= 0.3 is 0 Å². The van der Waals surface area contributed by atoms with Gasteiger partial charge in [-0.15, -0.1) is 0 Å². The standard InChI is InChI=1S/C22H21F2N3O/c23-17-9-15(10-18(24)13-17)16-11-19-20(12-16)25-4-3-21(19)26-5-7-27(8-6-26)22(28)14-1-2-14/h3-4,9-11,13-14H,1-2,5-8,12H2. The van der Waals surface area contributed by atoms with Gasteiger partial charge in [-0.3, -0.25) is 9.78 Å². The average Bonchev–Trinajstić information content (AvgIpc) is 3.44. The molecule has 1 amide bonds. The van der Waals surface area contributed by atoms with E-state index in [4.69, 9.17) is 0 Å². The van der Waals surface area contributed by atoms with Crippen molar-refractivity contribution in [1.29, 1.82) is 0 Å². The van der Waals surface area contributed by atoms with Crippen LogP contribution in [0, 0.1) is 17.6 Å². The van der Waals surface area contributed by atoms with Crippen LogP contribution >= 0.6 is 0 Å². The Morgan fingerprint density at radius 2 is 1.75 bits per heavy atom. The predicted octanol–water partition coefficient (Wildman–Crippen LogP) is 3.52. The van der Waals surface area contributed by atoms with Gasteiger partial charge in [-0.2, -0.15) is 0 Å². The number of hydrogen-bond donors (Lipinski definition) is 0. The number of piperazine rings is 1. The Bertz CT molecular complexity index is 955. The van der Waals surface area contributed by atoms with Gasteiger partial charge in [0.1, 0.15) is 11.6 Å². The summed E-state index contributed by atoms with van der Waals surface area (Å²) in [5, 5.41) is 0. The fourth-order valence-corrected chi connectivity index (χ4v) is 4.17. The molecule has 5 rings (SSSR count). The van der Waals surface area contributed by atoms with Gasteiger partial charge in [0, 0.05) is 62.0 Å². The molecule has 1 saturated heterocycles. The van der Waals surface area contributed by atoms with E-state index < -0.39 is 11.6 Å². The molecule has 0 atom stereocenters. The highest BCUT2D eigenvalue weighted by Gasteiger charge is 2.35. The van der Waals surface area contributed by atoms with E-state index in [2.05, 4.69) is 9.88 Å². The summed E-state index contributed by atoms with van der Waals surface area (Å²) >= 11 is 0. The van der Waals surface area contributed by atoms with Crippen molar-refractivity contribution in [3.8, 4) is 0 Å². The maximum absolute atomic E-state index is 13.6. The monoisotopic (exact) mass is 381 g/mol. The summed E-state index contributed by atoms with van der Waals surface area (Å²) in [5.41, 5.74) is 4.45. The average molecular weight is 381 g/mol. The number of aromatic nitrogens is 1. The van der Waals surface area contributed by atoms with Crippen LogP contribution in [0.5, 0.6) is 0 Å². The fraction of sp³-hybridized carbons (Fsp3) is 0.364. The Kier molecular flexibility index (Phi) is 4.14. The number of benzene rings is 1. The second-order valence-corrected chi connectivity index (χ2v) is 7.78. The van der Waals surface area contributed by atoms with Crippen molar-refractivity contribution in [3.63, 3.8) is 0 Å². The molecule has 2 aliphatic carbocycles. The lowest BCUT2D eigenvalue weighted by atomic mass is 10.0. The van der Waals surface area contributed by atoms with Crippen LogP contribution in [0.25, 0.3) is 11.6 Å². The Balaban J connectivity index is 1.38. The van der Waals surface area contributed by atoms with Crippen molar-refractivity contribution < 1.29 is 13.6 Å². The van der Waals surface area contributed by atoms with Crippen molar-refractivity contribution in [3.05, 3.63) is 58.9 Å². The van der Waals surface area contributed by atoms with Crippen molar-refractivity contribution in [1.82, 2.24) is 9.88 Å². The molecule has 2 heterocycles. The number of allylic oxidation sites excluding steroid dienone is 1. The first-order valence-electron chi connectivity index (χ1n) is 9.77. The summed E-state index contributed by atoms with van der Waals surface area (Å²) in [5.74, 6) is -0.586. The van der Waals surface area contributed by atoms with E-state index in [-0.39, 0.29) is 5.92 Å². The van der Waals surface area contributed by atoms with E-state index in [1.807, 2.05) is 17.0 Å². The summed E-state index contributed by atoms with van der Waals surface area (Å²) in [6.07, 6.45) is 6.41. The minimum atomic E-state index is -0.573. The SMILES string of the molecule is O=C(C1CC1)N1CCN(c2ccnc3c2C=C(c2cc(F)cc(F)c2)C3)CC1. The number of nitrogens with zero attached hydrogens (tertiary/aromatic N) is 3. The van der Waals surface area contributed by atoms with Crippen LogP contribution in [-0.2, 0) is 11.2 Å². The van der Waals surface area contributed by atoms with E-state index in [0.717, 1.165) is 67.6 Å². The van der Waals surface area contributed by atoms with Crippen LogP contribution in [-0.4, -0.2) is 42.0 Å². The molecule has 6 heteroatoms. The molecule has 0 N–H and O–H groups in total. The molecule has 0 bridgehead atoms. The van der Waals surface area contributed by atoms with Crippen LogP contribution in [0.4, 0.5) is 14.5 Å². The van der Waals surface area contributed by atoms with Gasteiger partial charge in [0.25, 0.3) is 0 Å². The van der Waals surface area contributed by atoms with Gasteiger partial charge in [0.2, 0.25) is 5.91 Å². The summed E-state index contributed by atoms with van der Waals surface area (Å²) < 4.78 is 27.2. The Morgan fingerprint density at radius 3 is 2.43 bits per heavy atom. The lowest BCUT2D eigenvalue weighted by Gasteiger charge is -2.37. The van der Waals surface area contributed by atoms with Crippen LogP contribution in [0.15, 0.2) is 30.5 Å². The van der Waals surface area contributed by atoms with Gasteiger partial charge in [-0.1, -0.05) is 0 Å². The van der Waals surface area contributed by atoms with Crippen LogP contribution in [0.2, 0.25) is 0 Å². The minimum absolute atomic E-state index is 0.258. The lowest BCUT2D eigenvalue weighted by Crippen LogP contribution is -2.49. The lowest BCUT2D eigenvalue weighted by molar-refractivity contribution is -0.132. The topological polar surface area (TPSA) is 36.4 Å². The number of carbonyl (C=O) groups excluding carboxylic acids is 1. The number of amides is 1.